The van der Waals surface area contributed by atoms with Gasteiger partial charge in [0.15, 0.2) is 5.82 Å². The van der Waals surface area contributed by atoms with E-state index in [1.54, 1.807) is 37.5 Å². The van der Waals surface area contributed by atoms with E-state index in [0.29, 0.717) is 11.4 Å². The first kappa shape index (κ1) is 11.6. The molecule has 0 spiro atoms. The predicted molar refractivity (Wildman–Crippen MR) is 62.3 cm³/mol. The molecule has 1 unspecified atom stereocenters. The van der Waals surface area contributed by atoms with Crippen molar-refractivity contribution in [2.75, 3.05) is 0 Å². The third-order valence-corrected chi connectivity index (χ3v) is 2.53. The topological polar surface area (TPSA) is 63.8 Å². The van der Waals surface area contributed by atoms with E-state index in [2.05, 4.69) is 15.4 Å². The molecular weight excluding hydrogens is 219 g/mol. The van der Waals surface area contributed by atoms with E-state index >= 15 is 0 Å². The van der Waals surface area contributed by atoms with E-state index < -0.39 is 0 Å². The van der Waals surface area contributed by atoms with Gasteiger partial charge in [0.1, 0.15) is 11.9 Å². The lowest BCUT2D eigenvalue weighted by atomic mass is 10.0. The number of benzene rings is 1. The number of nitrogens with two attached hydrogens (primary N) is 1. The standard InChI is InChI=1S/C12H13FN4/c1-8-7-9(3-4-10(8)13)11(17-14)12-15-5-2-6-16-12/h2-7,11,17H,14H2,1H3. The summed E-state index contributed by atoms with van der Waals surface area (Å²) in [6, 6.07) is 6.21. The maximum Gasteiger partial charge on any atom is 0.150 e. The van der Waals surface area contributed by atoms with Gasteiger partial charge >= 0.3 is 0 Å². The molecule has 0 amide bonds. The number of halogens is 1. The molecule has 1 aromatic carbocycles. The molecule has 0 radical (unpaired) electrons. The quantitative estimate of drug-likeness (QED) is 0.621. The van der Waals surface area contributed by atoms with Gasteiger partial charge in [-0.05, 0) is 30.2 Å². The minimum atomic E-state index is -0.338. The van der Waals surface area contributed by atoms with Crippen LogP contribution in [0.5, 0.6) is 0 Å². The minimum absolute atomic E-state index is 0.237. The van der Waals surface area contributed by atoms with Crippen LogP contribution >= 0.6 is 0 Å². The fourth-order valence-electron chi connectivity index (χ4n) is 1.63. The molecule has 17 heavy (non-hydrogen) atoms. The first-order chi connectivity index (χ1) is 8.22. The molecule has 0 aliphatic carbocycles. The van der Waals surface area contributed by atoms with Crippen molar-refractivity contribution in [2.45, 2.75) is 13.0 Å². The van der Waals surface area contributed by atoms with Gasteiger partial charge in [-0.15, -0.1) is 0 Å². The zero-order valence-electron chi connectivity index (χ0n) is 9.39. The lowest BCUT2D eigenvalue weighted by Gasteiger charge is -2.15. The van der Waals surface area contributed by atoms with Crippen LogP contribution in [0.25, 0.3) is 0 Å². The molecule has 0 saturated carbocycles. The number of rotatable bonds is 3. The first-order valence-electron chi connectivity index (χ1n) is 5.21. The highest BCUT2D eigenvalue weighted by Gasteiger charge is 2.15. The molecular formula is C12H13FN4. The molecule has 1 aromatic heterocycles. The summed E-state index contributed by atoms with van der Waals surface area (Å²) in [7, 11) is 0. The highest BCUT2D eigenvalue weighted by Crippen LogP contribution is 2.20. The Balaban J connectivity index is 2.39. The summed E-state index contributed by atoms with van der Waals surface area (Å²) in [5.41, 5.74) is 4.03. The smallest absolute Gasteiger partial charge is 0.150 e. The maximum atomic E-state index is 13.2. The van der Waals surface area contributed by atoms with E-state index in [4.69, 9.17) is 5.84 Å². The van der Waals surface area contributed by atoms with Gasteiger partial charge in [-0.3, -0.25) is 5.84 Å². The van der Waals surface area contributed by atoms with Crippen LogP contribution in [0.3, 0.4) is 0 Å². The number of hydrogen-bond donors (Lipinski definition) is 2. The zero-order valence-corrected chi connectivity index (χ0v) is 9.39. The summed E-state index contributed by atoms with van der Waals surface area (Å²) in [6.45, 7) is 1.71. The molecule has 0 saturated heterocycles. The van der Waals surface area contributed by atoms with Gasteiger partial charge in [0.25, 0.3) is 0 Å². The fraction of sp³-hybridized carbons (Fsp3) is 0.167. The second-order valence-electron chi connectivity index (χ2n) is 3.72. The number of hydrogen-bond acceptors (Lipinski definition) is 4. The number of nitrogens with one attached hydrogen (secondary N) is 1. The molecule has 3 N–H and O–H groups in total. The molecule has 4 nitrogen and oxygen atoms in total. The third kappa shape index (κ3) is 2.46. The third-order valence-electron chi connectivity index (χ3n) is 2.53. The van der Waals surface area contributed by atoms with Crippen LogP contribution in [-0.2, 0) is 0 Å². The molecule has 1 heterocycles. The molecule has 5 heteroatoms. The maximum absolute atomic E-state index is 13.2. The SMILES string of the molecule is Cc1cc(C(NN)c2ncccn2)ccc1F. The van der Waals surface area contributed by atoms with Crippen molar-refractivity contribution in [3.63, 3.8) is 0 Å². The number of aryl methyl sites for hydroxylation is 1. The van der Waals surface area contributed by atoms with Crippen molar-refractivity contribution in [1.29, 1.82) is 0 Å². The number of nitrogens with zero attached hydrogens (tertiary/aromatic N) is 2. The van der Waals surface area contributed by atoms with Gasteiger partial charge in [0.05, 0.1) is 0 Å². The van der Waals surface area contributed by atoms with Crippen molar-refractivity contribution in [3.8, 4) is 0 Å². The Morgan fingerprint density at radius 3 is 2.59 bits per heavy atom. The van der Waals surface area contributed by atoms with Crippen LogP contribution in [0.2, 0.25) is 0 Å². The summed E-state index contributed by atoms with van der Waals surface area (Å²) < 4.78 is 13.2. The molecule has 88 valence electrons. The molecule has 0 aliphatic rings. The van der Waals surface area contributed by atoms with E-state index in [0.717, 1.165) is 5.56 Å². The molecule has 2 aromatic rings. The Morgan fingerprint density at radius 2 is 2.00 bits per heavy atom. The molecule has 2 rings (SSSR count). The summed E-state index contributed by atoms with van der Waals surface area (Å²) >= 11 is 0. The average Bonchev–Trinajstić information content (AvgIpc) is 2.36. The summed E-state index contributed by atoms with van der Waals surface area (Å²) in [6.07, 6.45) is 3.28. The average molecular weight is 232 g/mol. The predicted octanol–water partition coefficient (Wildman–Crippen LogP) is 1.48. The number of hydrazine groups is 1. The Kier molecular flexibility index (Phi) is 3.41. The second kappa shape index (κ2) is 4.99. The summed E-state index contributed by atoms with van der Waals surface area (Å²) in [5, 5.41) is 0. The number of aromatic nitrogens is 2. The molecule has 0 fully saturated rings. The van der Waals surface area contributed by atoms with E-state index in [9.17, 15) is 4.39 Å². The Hall–Kier alpha value is -1.85. The van der Waals surface area contributed by atoms with Crippen LogP contribution in [0.1, 0.15) is 23.0 Å². The van der Waals surface area contributed by atoms with E-state index in [1.807, 2.05) is 0 Å². The summed E-state index contributed by atoms with van der Waals surface area (Å²) in [4.78, 5) is 8.26. The lowest BCUT2D eigenvalue weighted by Crippen LogP contribution is -2.30. The molecule has 0 aliphatic heterocycles. The van der Waals surface area contributed by atoms with Gasteiger partial charge in [-0.2, -0.15) is 0 Å². The van der Waals surface area contributed by atoms with Crippen molar-refractivity contribution in [2.24, 2.45) is 5.84 Å². The van der Waals surface area contributed by atoms with Gasteiger partial charge in [0.2, 0.25) is 0 Å². The van der Waals surface area contributed by atoms with Crippen LogP contribution in [0.4, 0.5) is 4.39 Å². The van der Waals surface area contributed by atoms with Crippen molar-refractivity contribution >= 4 is 0 Å². The first-order valence-corrected chi connectivity index (χ1v) is 5.21. The van der Waals surface area contributed by atoms with Crippen LogP contribution < -0.4 is 11.3 Å². The van der Waals surface area contributed by atoms with Crippen molar-refractivity contribution in [3.05, 3.63) is 59.4 Å². The highest BCUT2D eigenvalue weighted by molar-refractivity contribution is 5.29. The van der Waals surface area contributed by atoms with Crippen LogP contribution in [0.15, 0.2) is 36.7 Å². The van der Waals surface area contributed by atoms with E-state index in [-0.39, 0.29) is 11.9 Å². The zero-order chi connectivity index (χ0) is 12.3. The van der Waals surface area contributed by atoms with Crippen molar-refractivity contribution in [1.82, 2.24) is 15.4 Å². The van der Waals surface area contributed by atoms with Gasteiger partial charge in [-0.1, -0.05) is 12.1 Å². The molecule has 0 bridgehead atoms. The Bertz CT molecular complexity index is 501. The fourth-order valence-corrected chi connectivity index (χ4v) is 1.63. The Labute approximate surface area is 98.7 Å². The normalized spacial score (nSPS) is 12.4. The van der Waals surface area contributed by atoms with Crippen LogP contribution in [-0.4, -0.2) is 9.97 Å². The monoisotopic (exact) mass is 232 g/mol. The van der Waals surface area contributed by atoms with E-state index in [1.165, 1.54) is 6.07 Å². The highest BCUT2D eigenvalue weighted by atomic mass is 19.1. The largest absolute Gasteiger partial charge is 0.270 e. The summed E-state index contributed by atoms with van der Waals surface area (Å²) in [5.74, 6) is 5.82. The van der Waals surface area contributed by atoms with Crippen LogP contribution in [0, 0.1) is 12.7 Å². The van der Waals surface area contributed by atoms with Gasteiger partial charge in [0, 0.05) is 12.4 Å². The molecule has 1 atom stereocenters. The lowest BCUT2D eigenvalue weighted by molar-refractivity contribution is 0.591. The van der Waals surface area contributed by atoms with Gasteiger partial charge in [-0.25, -0.2) is 19.8 Å². The minimum Gasteiger partial charge on any atom is -0.270 e. The Morgan fingerprint density at radius 1 is 1.29 bits per heavy atom. The van der Waals surface area contributed by atoms with Crippen molar-refractivity contribution < 1.29 is 4.39 Å². The van der Waals surface area contributed by atoms with Gasteiger partial charge < -0.3 is 0 Å². The second-order valence-corrected chi connectivity index (χ2v) is 3.72.